The number of nitrogens with one attached hydrogen (secondary N) is 1. The van der Waals surface area contributed by atoms with Crippen LogP contribution in [0.4, 0.5) is 25.1 Å². The number of nitrogens with two attached hydrogens (primary N) is 1. The molecule has 1 saturated heterocycles. The molecule has 2 aromatic rings. The molecule has 0 unspecified atom stereocenters. The van der Waals surface area contributed by atoms with E-state index in [2.05, 4.69) is 10.3 Å². The Balaban J connectivity index is 1.73. The molecule has 0 bridgehead atoms. The minimum atomic E-state index is -2.75. The first-order valence-electron chi connectivity index (χ1n) is 9.41. The summed E-state index contributed by atoms with van der Waals surface area (Å²) in [7, 11) is 0. The lowest BCUT2D eigenvalue weighted by Crippen LogP contribution is -2.38. The molecule has 0 aliphatic carbocycles. The quantitative estimate of drug-likeness (QED) is 0.765. The summed E-state index contributed by atoms with van der Waals surface area (Å²) in [6.07, 6.45) is -2.05. The minimum absolute atomic E-state index is 0.104. The highest BCUT2D eigenvalue weighted by Gasteiger charge is 2.42. The summed E-state index contributed by atoms with van der Waals surface area (Å²) in [4.78, 5) is 28.7. The number of hydrogen-bond donors (Lipinski definition) is 2. The number of cyclic esters (lactones) is 1. The van der Waals surface area contributed by atoms with E-state index in [0.29, 0.717) is 36.0 Å². The lowest BCUT2D eigenvalue weighted by Gasteiger charge is -2.18. The number of benzene rings is 1. The van der Waals surface area contributed by atoms with Crippen LogP contribution in [0.15, 0.2) is 18.3 Å². The SMILES string of the molecule is Cc1cc2c(cc1N[C@@H](C)C(N)=O)OCCn1cc(N3C(=O)OC[C@H]3C(F)F)nc1-2. The molecule has 11 heteroatoms. The molecule has 1 fully saturated rings. The molecule has 4 rings (SSSR count). The van der Waals surface area contributed by atoms with E-state index in [1.807, 2.05) is 13.0 Å². The van der Waals surface area contributed by atoms with Crippen molar-refractivity contribution < 1.29 is 27.8 Å². The van der Waals surface area contributed by atoms with Gasteiger partial charge in [-0.3, -0.25) is 4.79 Å². The van der Waals surface area contributed by atoms with E-state index >= 15 is 0 Å². The van der Waals surface area contributed by atoms with Crippen LogP contribution in [0.1, 0.15) is 12.5 Å². The molecule has 0 radical (unpaired) electrons. The zero-order valence-corrected chi connectivity index (χ0v) is 16.4. The molecule has 30 heavy (non-hydrogen) atoms. The third kappa shape index (κ3) is 3.40. The van der Waals surface area contributed by atoms with Crippen molar-refractivity contribution in [1.29, 1.82) is 0 Å². The van der Waals surface area contributed by atoms with Crippen LogP contribution in [0.2, 0.25) is 0 Å². The molecule has 0 spiro atoms. The van der Waals surface area contributed by atoms with Gasteiger partial charge in [-0.25, -0.2) is 23.5 Å². The molecule has 2 atom stereocenters. The van der Waals surface area contributed by atoms with Crippen LogP contribution in [-0.4, -0.2) is 53.3 Å². The fourth-order valence-corrected chi connectivity index (χ4v) is 3.48. The van der Waals surface area contributed by atoms with Gasteiger partial charge in [0.1, 0.15) is 36.9 Å². The molecule has 2 aliphatic heterocycles. The van der Waals surface area contributed by atoms with Gasteiger partial charge in [0.15, 0.2) is 5.82 Å². The van der Waals surface area contributed by atoms with Gasteiger partial charge in [0.25, 0.3) is 6.43 Å². The smallest absolute Gasteiger partial charge is 0.416 e. The van der Waals surface area contributed by atoms with Gasteiger partial charge < -0.3 is 25.1 Å². The molecule has 160 valence electrons. The number of anilines is 2. The number of rotatable bonds is 5. The maximum absolute atomic E-state index is 13.3. The lowest BCUT2D eigenvalue weighted by molar-refractivity contribution is -0.118. The second-order valence-corrected chi connectivity index (χ2v) is 7.24. The van der Waals surface area contributed by atoms with E-state index < -0.39 is 30.5 Å². The Morgan fingerprint density at radius 3 is 2.83 bits per heavy atom. The van der Waals surface area contributed by atoms with Gasteiger partial charge in [0.2, 0.25) is 5.91 Å². The number of amides is 2. The molecule has 2 aliphatic rings. The summed E-state index contributed by atoms with van der Waals surface area (Å²) < 4.78 is 39.0. The molecule has 0 saturated carbocycles. The Morgan fingerprint density at radius 2 is 2.13 bits per heavy atom. The summed E-state index contributed by atoms with van der Waals surface area (Å²) in [5, 5.41) is 3.04. The highest BCUT2D eigenvalue weighted by Crippen LogP contribution is 2.38. The van der Waals surface area contributed by atoms with Crippen molar-refractivity contribution >= 4 is 23.5 Å². The number of primary amides is 1. The van der Waals surface area contributed by atoms with E-state index in [9.17, 15) is 18.4 Å². The number of halogens is 2. The van der Waals surface area contributed by atoms with Crippen LogP contribution in [0.5, 0.6) is 5.75 Å². The van der Waals surface area contributed by atoms with E-state index in [4.69, 9.17) is 15.2 Å². The number of aromatic nitrogens is 2. The highest BCUT2D eigenvalue weighted by atomic mass is 19.3. The molecule has 9 nitrogen and oxygen atoms in total. The lowest BCUT2D eigenvalue weighted by atomic mass is 10.1. The number of hydrogen-bond acceptors (Lipinski definition) is 6. The maximum Gasteiger partial charge on any atom is 0.416 e. The summed E-state index contributed by atoms with van der Waals surface area (Å²) in [6, 6.07) is 1.62. The van der Waals surface area contributed by atoms with Crippen molar-refractivity contribution in [3.63, 3.8) is 0 Å². The van der Waals surface area contributed by atoms with Gasteiger partial charge in [0, 0.05) is 18.0 Å². The van der Waals surface area contributed by atoms with Crippen molar-refractivity contribution in [2.45, 2.75) is 38.9 Å². The van der Waals surface area contributed by atoms with Crippen LogP contribution in [-0.2, 0) is 16.1 Å². The van der Waals surface area contributed by atoms with E-state index in [1.54, 1.807) is 23.8 Å². The van der Waals surface area contributed by atoms with E-state index in [0.717, 1.165) is 10.5 Å². The summed E-state index contributed by atoms with van der Waals surface area (Å²) in [6.45, 7) is 3.84. The van der Waals surface area contributed by atoms with Crippen molar-refractivity contribution in [1.82, 2.24) is 9.55 Å². The standard InChI is InChI=1S/C19H21F2N5O4/c1-9-5-11-14(6-12(9)23-10(2)17(22)27)29-4-3-25-7-15(24-18(11)25)26-13(16(20)21)8-30-19(26)28/h5-7,10,13,16,23H,3-4,8H2,1-2H3,(H2,22,27)/t10-,13-/m0/s1. The first-order chi connectivity index (χ1) is 14.3. The monoisotopic (exact) mass is 421 g/mol. The summed E-state index contributed by atoms with van der Waals surface area (Å²) >= 11 is 0. The zero-order valence-electron chi connectivity index (χ0n) is 16.4. The molecule has 1 aromatic carbocycles. The van der Waals surface area contributed by atoms with Crippen molar-refractivity contribution in [2.75, 3.05) is 23.4 Å². The number of carbonyl (C=O) groups excluding carboxylic acids is 2. The van der Waals surface area contributed by atoms with Crippen molar-refractivity contribution in [2.24, 2.45) is 5.73 Å². The largest absolute Gasteiger partial charge is 0.491 e. The number of ether oxygens (including phenoxy) is 2. The van der Waals surface area contributed by atoms with Crippen LogP contribution in [0.3, 0.4) is 0 Å². The van der Waals surface area contributed by atoms with Crippen LogP contribution < -0.4 is 20.7 Å². The zero-order chi connectivity index (χ0) is 21.6. The summed E-state index contributed by atoms with van der Waals surface area (Å²) in [5.41, 5.74) is 7.47. The first-order valence-corrected chi connectivity index (χ1v) is 9.41. The van der Waals surface area contributed by atoms with Crippen molar-refractivity contribution in [3.05, 3.63) is 23.9 Å². The second kappa shape index (κ2) is 7.47. The highest BCUT2D eigenvalue weighted by molar-refractivity contribution is 5.90. The van der Waals surface area contributed by atoms with Crippen LogP contribution in [0, 0.1) is 6.92 Å². The van der Waals surface area contributed by atoms with Gasteiger partial charge >= 0.3 is 6.09 Å². The number of fused-ring (bicyclic) bond motifs is 3. The van der Waals surface area contributed by atoms with Crippen LogP contribution in [0.25, 0.3) is 11.4 Å². The Labute approximate surface area is 170 Å². The van der Waals surface area contributed by atoms with Gasteiger partial charge in [-0.05, 0) is 25.5 Å². The third-order valence-electron chi connectivity index (χ3n) is 5.16. The number of aryl methyl sites for hydroxylation is 1. The predicted octanol–water partition coefficient (Wildman–Crippen LogP) is 2.13. The normalized spacial score (nSPS) is 18.9. The topological polar surface area (TPSA) is 112 Å². The third-order valence-corrected chi connectivity index (χ3v) is 5.16. The summed E-state index contributed by atoms with van der Waals surface area (Å²) in [5.74, 6) is 0.622. The maximum atomic E-state index is 13.3. The number of imidazole rings is 1. The predicted molar refractivity (Wildman–Crippen MR) is 104 cm³/mol. The van der Waals surface area contributed by atoms with Gasteiger partial charge in [-0.15, -0.1) is 0 Å². The first kappa shape index (κ1) is 19.9. The fraction of sp³-hybridized carbons (Fsp3) is 0.421. The molecule has 1 aromatic heterocycles. The molecule has 3 N–H and O–H groups in total. The van der Waals surface area contributed by atoms with Gasteiger partial charge in [-0.1, -0.05) is 0 Å². The second-order valence-electron chi connectivity index (χ2n) is 7.24. The average molecular weight is 421 g/mol. The minimum Gasteiger partial charge on any atom is -0.491 e. The van der Waals surface area contributed by atoms with Gasteiger partial charge in [-0.2, -0.15) is 0 Å². The number of carbonyl (C=O) groups is 2. The van der Waals surface area contributed by atoms with E-state index in [1.165, 1.54) is 0 Å². The Bertz CT molecular complexity index is 1010. The number of alkyl halides is 2. The van der Waals surface area contributed by atoms with E-state index in [-0.39, 0.29) is 12.4 Å². The Kier molecular flexibility index (Phi) is 4.96. The van der Waals surface area contributed by atoms with Crippen LogP contribution >= 0.6 is 0 Å². The van der Waals surface area contributed by atoms with Crippen molar-refractivity contribution in [3.8, 4) is 17.1 Å². The Hall–Kier alpha value is -3.37. The molecular weight excluding hydrogens is 400 g/mol. The Morgan fingerprint density at radius 1 is 1.37 bits per heavy atom. The molecule has 2 amide bonds. The molecular formula is C19H21F2N5O4. The average Bonchev–Trinajstić information content (AvgIpc) is 3.23. The molecule has 3 heterocycles. The fourth-order valence-electron chi connectivity index (χ4n) is 3.48. The number of nitrogens with zero attached hydrogens (tertiary/aromatic N) is 3. The van der Waals surface area contributed by atoms with Gasteiger partial charge in [0.05, 0.1) is 12.1 Å².